The zero-order chi connectivity index (χ0) is 15.0. The summed E-state index contributed by atoms with van der Waals surface area (Å²) in [5.41, 5.74) is 3.65. The molecule has 1 aromatic heterocycles. The van der Waals surface area contributed by atoms with Crippen molar-refractivity contribution in [1.29, 1.82) is 0 Å². The Balaban J connectivity index is 2.11. The standard InChI is InChI=1S/C18H16FNO/c1-3-12-5-4-6-14-15(10-20-17(12)14)18(21)13-8-7-11(2)16(19)9-13/h4-10,20H,3H2,1-2H3. The summed E-state index contributed by atoms with van der Waals surface area (Å²) >= 11 is 0. The highest BCUT2D eigenvalue weighted by Crippen LogP contribution is 2.24. The smallest absolute Gasteiger partial charge is 0.195 e. The average molecular weight is 281 g/mol. The van der Waals surface area contributed by atoms with Crippen LogP contribution in [0.5, 0.6) is 0 Å². The molecule has 0 fully saturated rings. The van der Waals surface area contributed by atoms with E-state index < -0.39 is 0 Å². The van der Waals surface area contributed by atoms with Crippen LogP contribution in [0.1, 0.15) is 34.0 Å². The molecule has 0 atom stereocenters. The largest absolute Gasteiger partial charge is 0.360 e. The summed E-state index contributed by atoms with van der Waals surface area (Å²) in [4.78, 5) is 15.8. The summed E-state index contributed by atoms with van der Waals surface area (Å²) in [6.07, 6.45) is 2.61. The third-order valence-corrected chi connectivity index (χ3v) is 3.86. The molecule has 3 rings (SSSR count). The number of aromatic nitrogens is 1. The number of hydrogen-bond acceptors (Lipinski definition) is 1. The van der Waals surface area contributed by atoms with Gasteiger partial charge in [-0.1, -0.05) is 37.3 Å². The van der Waals surface area contributed by atoms with Gasteiger partial charge in [0, 0.05) is 28.2 Å². The molecule has 0 aliphatic carbocycles. The maximum atomic E-state index is 13.7. The van der Waals surface area contributed by atoms with E-state index in [1.165, 1.54) is 11.6 Å². The van der Waals surface area contributed by atoms with Crippen LogP contribution in [0.15, 0.2) is 42.6 Å². The van der Waals surface area contributed by atoms with Crippen LogP contribution in [-0.4, -0.2) is 10.8 Å². The van der Waals surface area contributed by atoms with Crippen LogP contribution in [0.25, 0.3) is 10.9 Å². The second-order valence-electron chi connectivity index (χ2n) is 5.19. The summed E-state index contributed by atoms with van der Waals surface area (Å²) in [7, 11) is 0. The van der Waals surface area contributed by atoms with Crippen LogP contribution in [0.4, 0.5) is 4.39 Å². The van der Waals surface area contributed by atoms with Gasteiger partial charge in [0.25, 0.3) is 0 Å². The molecule has 21 heavy (non-hydrogen) atoms. The van der Waals surface area contributed by atoms with E-state index >= 15 is 0 Å². The van der Waals surface area contributed by atoms with E-state index in [4.69, 9.17) is 0 Å². The summed E-state index contributed by atoms with van der Waals surface area (Å²) in [5, 5.41) is 0.889. The lowest BCUT2D eigenvalue weighted by Crippen LogP contribution is -2.01. The lowest BCUT2D eigenvalue weighted by atomic mass is 10.00. The summed E-state index contributed by atoms with van der Waals surface area (Å²) in [5.74, 6) is -0.511. The molecule has 2 nitrogen and oxygen atoms in total. The van der Waals surface area contributed by atoms with E-state index in [2.05, 4.69) is 11.9 Å². The zero-order valence-electron chi connectivity index (χ0n) is 12.0. The lowest BCUT2D eigenvalue weighted by molar-refractivity contribution is 0.104. The summed E-state index contributed by atoms with van der Waals surface area (Å²) < 4.78 is 13.7. The van der Waals surface area contributed by atoms with Gasteiger partial charge in [-0.2, -0.15) is 0 Å². The molecule has 0 amide bonds. The minimum Gasteiger partial charge on any atom is -0.360 e. The number of carbonyl (C=O) groups is 1. The van der Waals surface area contributed by atoms with Gasteiger partial charge >= 0.3 is 0 Å². The maximum absolute atomic E-state index is 13.7. The van der Waals surface area contributed by atoms with Gasteiger partial charge in [0.2, 0.25) is 0 Å². The average Bonchev–Trinajstić information content (AvgIpc) is 2.93. The molecule has 0 unspecified atom stereocenters. The highest BCUT2D eigenvalue weighted by Gasteiger charge is 2.16. The predicted molar refractivity (Wildman–Crippen MR) is 82.2 cm³/mol. The van der Waals surface area contributed by atoms with Gasteiger partial charge in [0.1, 0.15) is 5.82 Å². The van der Waals surface area contributed by atoms with Crippen LogP contribution in [0, 0.1) is 12.7 Å². The predicted octanol–water partition coefficient (Wildman–Crippen LogP) is 4.41. The van der Waals surface area contributed by atoms with Gasteiger partial charge < -0.3 is 4.98 Å². The van der Waals surface area contributed by atoms with Crippen molar-refractivity contribution >= 4 is 16.7 Å². The number of para-hydroxylation sites is 1. The molecule has 0 aliphatic heterocycles. The molecule has 3 heteroatoms. The molecule has 0 saturated heterocycles. The van der Waals surface area contributed by atoms with Crippen molar-refractivity contribution in [3.63, 3.8) is 0 Å². The Kier molecular flexibility index (Phi) is 3.34. The van der Waals surface area contributed by atoms with Gasteiger partial charge in [-0.15, -0.1) is 0 Å². The third kappa shape index (κ3) is 2.25. The molecule has 2 aromatic carbocycles. The number of ketones is 1. The quantitative estimate of drug-likeness (QED) is 0.709. The first kappa shape index (κ1) is 13.6. The number of halogens is 1. The van der Waals surface area contributed by atoms with Crippen molar-refractivity contribution < 1.29 is 9.18 Å². The Morgan fingerprint density at radius 1 is 1.24 bits per heavy atom. The number of nitrogens with one attached hydrogen (secondary N) is 1. The van der Waals surface area contributed by atoms with Gasteiger partial charge in [-0.3, -0.25) is 4.79 Å². The van der Waals surface area contributed by atoms with Crippen LogP contribution >= 0.6 is 0 Å². The first-order valence-electron chi connectivity index (χ1n) is 7.01. The van der Waals surface area contributed by atoms with Crippen molar-refractivity contribution in [2.24, 2.45) is 0 Å². The fourth-order valence-corrected chi connectivity index (χ4v) is 2.59. The highest BCUT2D eigenvalue weighted by molar-refractivity contribution is 6.16. The Hall–Kier alpha value is -2.42. The van der Waals surface area contributed by atoms with Crippen LogP contribution < -0.4 is 0 Å². The second-order valence-corrected chi connectivity index (χ2v) is 5.19. The molecule has 106 valence electrons. The number of carbonyl (C=O) groups excluding carboxylic acids is 1. The van der Waals surface area contributed by atoms with E-state index in [0.717, 1.165) is 17.3 Å². The molecular formula is C18H16FNO. The van der Waals surface area contributed by atoms with Crippen molar-refractivity contribution in [2.75, 3.05) is 0 Å². The first-order chi connectivity index (χ1) is 10.1. The van der Waals surface area contributed by atoms with Crippen molar-refractivity contribution in [2.45, 2.75) is 20.3 Å². The van der Waals surface area contributed by atoms with Crippen molar-refractivity contribution in [3.8, 4) is 0 Å². The molecule has 1 N–H and O–H groups in total. The van der Waals surface area contributed by atoms with Gasteiger partial charge in [-0.25, -0.2) is 4.39 Å². The molecular weight excluding hydrogens is 265 g/mol. The molecule has 3 aromatic rings. The van der Waals surface area contributed by atoms with Gasteiger partial charge in [0.15, 0.2) is 5.78 Å². The Morgan fingerprint density at radius 2 is 2.05 bits per heavy atom. The number of rotatable bonds is 3. The maximum Gasteiger partial charge on any atom is 0.195 e. The van der Waals surface area contributed by atoms with Crippen molar-refractivity contribution in [3.05, 3.63) is 70.7 Å². The van der Waals surface area contributed by atoms with Gasteiger partial charge in [-0.05, 0) is 30.5 Å². The molecule has 0 radical (unpaired) electrons. The minimum absolute atomic E-state index is 0.159. The number of H-pyrrole nitrogens is 1. The van der Waals surface area contributed by atoms with Crippen LogP contribution in [0.3, 0.4) is 0 Å². The number of fused-ring (bicyclic) bond motifs is 1. The fraction of sp³-hybridized carbons (Fsp3) is 0.167. The monoisotopic (exact) mass is 281 g/mol. The molecule has 0 aliphatic rings. The van der Waals surface area contributed by atoms with Gasteiger partial charge in [0.05, 0.1) is 0 Å². The van der Waals surface area contributed by atoms with E-state index in [-0.39, 0.29) is 11.6 Å². The Bertz CT molecular complexity index is 832. The molecule has 1 heterocycles. The molecule has 0 bridgehead atoms. The van der Waals surface area contributed by atoms with Crippen LogP contribution in [-0.2, 0) is 6.42 Å². The number of aromatic amines is 1. The number of benzene rings is 2. The highest BCUT2D eigenvalue weighted by atomic mass is 19.1. The number of hydrogen-bond donors (Lipinski definition) is 1. The van der Waals surface area contributed by atoms with E-state index in [9.17, 15) is 9.18 Å². The number of aryl methyl sites for hydroxylation is 2. The third-order valence-electron chi connectivity index (χ3n) is 3.86. The fourth-order valence-electron chi connectivity index (χ4n) is 2.59. The normalized spacial score (nSPS) is 11.0. The van der Waals surface area contributed by atoms with E-state index in [0.29, 0.717) is 16.7 Å². The minimum atomic E-state index is -0.352. The van der Waals surface area contributed by atoms with Crippen molar-refractivity contribution in [1.82, 2.24) is 4.98 Å². The zero-order valence-corrected chi connectivity index (χ0v) is 12.0. The summed E-state index contributed by atoms with van der Waals surface area (Å²) in [6, 6.07) is 10.5. The second kappa shape index (κ2) is 5.17. The molecule has 0 spiro atoms. The lowest BCUT2D eigenvalue weighted by Gasteiger charge is -2.03. The Labute approximate surface area is 122 Å². The Morgan fingerprint density at radius 3 is 2.76 bits per heavy atom. The van der Waals surface area contributed by atoms with E-state index in [1.54, 1.807) is 25.3 Å². The topological polar surface area (TPSA) is 32.9 Å². The molecule has 0 saturated carbocycles. The van der Waals surface area contributed by atoms with E-state index in [1.807, 2.05) is 18.2 Å². The van der Waals surface area contributed by atoms with Crippen LogP contribution in [0.2, 0.25) is 0 Å². The first-order valence-corrected chi connectivity index (χ1v) is 7.01. The summed E-state index contributed by atoms with van der Waals surface area (Å²) in [6.45, 7) is 3.76. The SMILES string of the molecule is CCc1cccc2c(C(=O)c3ccc(C)c(F)c3)c[nH]c12.